The average molecular weight is 184 g/mol. The molecule has 0 aromatic rings. The van der Waals surface area contributed by atoms with E-state index in [4.69, 9.17) is 5.11 Å². The standard InChI is InChI=1S/C5H9NO4.ClH/c6-10-5(9)3-1-2-4(7)8;/h1-3,6H2,(H,7,8);1H. The summed E-state index contributed by atoms with van der Waals surface area (Å²) in [6, 6.07) is 0. The Kier molecular flexibility index (Phi) is 8.51. The molecule has 0 fully saturated rings. The van der Waals surface area contributed by atoms with Crippen LogP contribution in [0.25, 0.3) is 0 Å². The van der Waals surface area contributed by atoms with Crippen molar-refractivity contribution in [2.75, 3.05) is 0 Å². The molecule has 0 heterocycles. The van der Waals surface area contributed by atoms with E-state index in [1.165, 1.54) is 0 Å². The van der Waals surface area contributed by atoms with E-state index in [1.807, 2.05) is 0 Å². The minimum Gasteiger partial charge on any atom is -0.481 e. The second-order valence-corrected chi connectivity index (χ2v) is 1.74. The lowest BCUT2D eigenvalue weighted by atomic mass is 10.2. The smallest absolute Gasteiger partial charge is 0.324 e. The molecule has 0 aliphatic carbocycles. The molecule has 3 N–H and O–H groups in total. The van der Waals surface area contributed by atoms with Gasteiger partial charge in [-0.25, -0.2) is 0 Å². The third-order valence-corrected chi connectivity index (χ3v) is 0.903. The van der Waals surface area contributed by atoms with Crippen LogP contribution >= 0.6 is 12.4 Å². The number of carbonyl (C=O) groups excluding carboxylic acids is 1. The fourth-order valence-electron chi connectivity index (χ4n) is 0.443. The van der Waals surface area contributed by atoms with Gasteiger partial charge in [0.05, 0.1) is 0 Å². The van der Waals surface area contributed by atoms with Crippen molar-refractivity contribution in [1.82, 2.24) is 0 Å². The molecule has 0 amide bonds. The number of aliphatic carboxylic acids is 1. The Hall–Kier alpha value is -0.810. The van der Waals surface area contributed by atoms with Gasteiger partial charge in [-0.05, 0) is 6.42 Å². The number of halogens is 1. The first-order valence-electron chi connectivity index (χ1n) is 2.78. The van der Waals surface area contributed by atoms with Gasteiger partial charge in [0.2, 0.25) is 0 Å². The molecule has 0 aliphatic heterocycles. The van der Waals surface area contributed by atoms with Crippen molar-refractivity contribution in [3.8, 4) is 0 Å². The zero-order valence-corrected chi connectivity index (χ0v) is 6.60. The van der Waals surface area contributed by atoms with E-state index < -0.39 is 11.9 Å². The van der Waals surface area contributed by atoms with Crippen LogP contribution in [0.2, 0.25) is 0 Å². The van der Waals surface area contributed by atoms with Crippen LogP contribution in [0.4, 0.5) is 0 Å². The summed E-state index contributed by atoms with van der Waals surface area (Å²) in [5.41, 5.74) is 0. The lowest BCUT2D eigenvalue weighted by molar-refractivity contribution is -0.144. The molecule has 0 aromatic carbocycles. The summed E-state index contributed by atoms with van der Waals surface area (Å²) in [4.78, 5) is 23.9. The van der Waals surface area contributed by atoms with E-state index in [2.05, 4.69) is 10.7 Å². The Morgan fingerprint density at radius 1 is 1.36 bits per heavy atom. The van der Waals surface area contributed by atoms with Crippen LogP contribution in [-0.2, 0) is 14.4 Å². The van der Waals surface area contributed by atoms with Gasteiger partial charge in [-0.15, -0.1) is 12.4 Å². The van der Waals surface area contributed by atoms with Crippen LogP contribution in [0.3, 0.4) is 0 Å². The summed E-state index contributed by atoms with van der Waals surface area (Å²) in [6.45, 7) is 0. The molecule has 0 saturated heterocycles. The van der Waals surface area contributed by atoms with Gasteiger partial charge in [-0.2, -0.15) is 5.90 Å². The Labute approximate surface area is 69.9 Å². The number of rotatable bonds is 4. The predicted molar refractivity (Wildman–Crippen MR) is 39.0 cm³/mol. The van der Waals surface area contributed by atoms with Crippen molar-refractivity contribution in [3.05, 3.63) is 0 Å². The van der Waals surface area contributed by atoms with Crippen molar-refractivity contribution in [3.63, 3.8) is 0 Å². The monoisotopic (exact) mass is 183 g/mol. The molecular formula is C5H10ClNO4. The lowest BCUT2D eigenvalue weighted by Crippen LogP contribution is -2.09. The number of carbonyl (C=O) groups is 2. The lowest BCUT2D eigenvalue weighted by Gasteiger charge is -1.94. The van der Waals surface area contributed by atoms with Crippen molar-refractivity contribution >= 4 is 24.3 Å². The third-order valence-electron chi connectivity index (χ3n) is 0.903. The fraction of sp³-hybridized carbons (Fsp3) is 0.600. The number of nitrogens with two attached hydrogens (primary N) is 1. The van der Waals surface area contributed by atoms with Gasteiger partial charge in [-0.3, -0.25) is 9.59 Å². The summed E-state index contributed by atoms with van der Waals surface area (Å²) < 4.78 is 0. The number of carboxylic acid groups (broad SMARTS) is 1. The maximum Gasteiger partial charge on any atom is 0.324 e. The predicted octanol–water partition coefficient (Wildman–Crippen LogP) is 0.0800. The van der Waals surface area contributed by atoms with E-state index >= 15 is 0 Å². The highest BCUT2D eigenvalue weighted by Crippen LogP contribution is 1.95. The van der Waals surface area contributed by atoms with Crippen molar-refractivity contribution in [2.24, 2.45) is 5.90 Å². The number of hydrogen-bond acceptors (Lipinski definition) is 4. The maximum atomic E-state index is 10.3. The first kappa shape index (κ1) is 12.8. The van der Waals surface area contributed by atoms with Crippen LogP contribution in [0, 0.1) is 0 Å². The molecule has 0 aliphatic rings. The minimum atomic E-state index is -0.926. The van der Waals surface area contributed by atoms with E-state index in [9.17, 15) is 9.59 Å². The zero-order valence-electron chi connectivity index (χ0n) is 5.78. The van der Waals surface area contributed by atoms with Crippen LogP contribution < -0.4 is 5.90 Å². The highest BCUT2D eigenvalue weighted by molar-refractivity contribution is 5.85. The van der Waals surface area contributed by atoms with Gasteiger partial charge < -0.3 is 9.94 Å². The Bertz CT molecular complexity index is 138. The normalized spacial score (nSPS) is 8.09. The highest BCUT2D eigenvalue weighted by atomic mass is 35.5. The van der Waals surface area contributed by atoms with E-state index in [0.29, 0.717) is 0 Å². The van der Waals surface area contributed by atoms with Gasteiger partial charge in [0.25, 0.3) is 0 Å². The van der Waals surface area contributed by atoms with Crippen molar-refractivity contribution < 1.29 is 19.5 Å². The maximum absolute atomic E-state index is 10.3. The molecule has 66 valence electrons. The van der Waals surface area contributed by atoms with Gasteiger partial charge in [-0.1, -0.05) is 0 Å². The third kappa shape index (κ3) is 9.19. The molecular weight excluding hydrogens is 174 g/mol. The molecule has 0 radical (unpaired) electrons. The molecule has 0 spiro atoms. The number of hydrogen-bond donors (Lipinski definition) is 2. The summed E-state index contributed by atoms with van der Waals surface area (Å²) in [6.07, 6.45) is 0.295. The molecule has 5 nitrogen and oxygen atoms in total. The Balaban J connectivity index is 0. The Morgan fingerprint density at radius 3 is 2.27 bits per heavy atom. The van der Waals surface area contributed by atoms with Gasteiger partial charge in [0, 0.05) is 12.8 Å². The molecule has 0 bridgehead atoms. The molecule has 11 heavy (non-hydrogen) atoms. The van der Waals surface area contributed by atoms with Gasteiger partial charge in [0.1, 0.15) is 0 Å². The van der Waals surface area contributed by atoms with Gasteiger partial charge >= 0.3 is 11.9 Å². The minimum absolute atomic E-state index is 0. The molecule has 0 saturated carbocycles. The molecule has 0 unspecified atom stereocenters. The highest BCUT2D eigenvalue weighted by Gasteiger charge is 2.02. The number of carboxylic acids is 1. The van der Waals surface area contributed by atoms with Crippen LogP contribution in [-0.4, -0.2) is 17.0 Å². The SMILES string of the molecule is Cl.NOC(=O)CCCC(=O)O. The first-order chi connectivity index (χ1) is 4.66. The average Bonchev–Trinajstić information content (AvgIpc) is 1.87. The van der Waals surface area contributed by atoms with E-state index in [0.717, 1.165) is 0 Å². The topological polar surface area (TPSA) is 89.6 Å². The quantitative estimate of drug-likeness (QED) is 0.603. The summed E-state index contributed by atoms with van der Waals surface area (Å²) >= 11 is 0. The van der Waals surface area contributed by atoms with E-state index in [1.54, 1.807) is 0 Å². The summed E-state index contributed by atoms with van der Waals surface area (Å²) in [7, 11) is 0. The molecule has 0 rings (SSSR count). The fourth-order valence-corrected chi connectivity index (χ4v) is 0.443. The van der Waals surface area contributed by atoms with Crippen LogP contribution in [0.5, 0.6) is 0 Å². The van der Waals surface area contributed by atoms with Crippen LogP contribution in [0.1, 0.15) is 19.3 Å². The second kappa shape index (κ2) is 7.30. The largest absolute Gasteiger partial charge is 0.481 e. The van der Waals surface area contributed by atoms with Crippen molar-refractivity contribution in [2.45, 2.75) is 19.3 Å². The summed E-state index contributed by atoms with van der Waals surface area (Å²) in [5.74, 6) is 2.98. The second-order valence-electron chi connectivity index (χ2n) is 1.74. The van der Waals surface area contributed by atoms with Crippen molar-refractivity contribution in [1.29, 1.82) is 0 Å². The molecule has 6 heteroatoms. The van der Waals surface area contributed by atoms with Crippen LogP contribution in [0.15, 0.2) is 0 Å². The molecule has 0 aromatic heterocycles. The zero-order chi connectivity index (χ0) is 7.98. The first-order valence-corrected chi connectivity index (χ1v) is 2.78. The molecule has 0 atom stereocenters. The van der Waals surface area contributed by atoms with E-state index in [-0.39, 0.29) is 31.7 Å². The Morgan fingerprint density at radius 2 is 1.91 bits per heavy atom. The summed E-state index contributed by atoms with van der Waals surface area (Å²) in [5, 5.41) is 8.12. The van der Waals surface area contributed by atoms with Gasteiger partial charge in [0.15, 0.2) is 0 Å².